The first-order valence-corrected chi connectivity index (χ1v) is 7.25. The number of nitrogens with zero attached hydrogens (tertiary/aromatic N) is 2. The molecular formula is C17H21N3O2. The average Bonchev–Trinajstić information content (AvgIpc) is 2.58. The zero-order valence-electron chi connectivity index (χ0n) is 12.7. The van der Waals surface area contributed by atoms with E-state index in [2.05, 4.69) is 10.3 Å². The SMILES string of the molecule is COCCN(Cc1ccccn1)C(=O)CNc1ccccc1. The van der Waals surface area contributed by atoms with Gasteiger partial charge in [-0.2, -0.15) is 0 Å². The summed E-state index contributed by atoms with van der Waals surface area (Å²) in [6, 6.07) is 15.4. The van der Waals surface area contributed by atoms with Gasteiger partial charge in [0.1, 0.15) is 0 Å². The van der Waals surface area contributed by atoms with E-state index >= 15 is 0 Å². The number of nitrogens with one attached hydrogen (secondary N) is 1. The molecule has 0 unspecified atom stereocenters. The second-order valence-corrected chi connectivity index (χ2v) is 4.85. The first-order chi connectivity index (χ1) is 10.8. The lowest BCUT2D eigenvalue weighted by atomic mass is 10.3. The molecule has 0 spiro atoms. The number of pyridine rings is 1. The zero-order valence-corrected chi connectivity index (χ0v) is 12.7. The van der Waals surface area contributed by atoms with Crippen LogP contribution < -0.4 is 5.32 Å². The number of methoxy groups -OCH3 is 1. The normalized spacial score (nSPS) is 10.2. The van der Waals surface area contributed by atoms with Gasteiger partial charge in [-0.05, 0) is 24.3 Å². The molecule has 1 aromatic carbocycles. The molecule has 2 aromatic rings. The summed E-state index contributed by atoms with van der Waals surface area (Å²) in [6.45, 7) is 1.78. The Morgan fingerprint density at radius 1 is 1.18 bits per heavy atom. The summed E-state index contributed by atoms with van der Waals surface area (Å²) in [7, 11) is 1.63. The number of carbonyl (C=O) groups is 1. The van der Waals surface area contributed by atoms with Crippen LogP contribution in [0.25, 0.3) is 0 Å². The molecule has 0 aliphatic rings. The molecule has 0 fully saturated rings. The molecule has 0 saturated carbocycles. The largest absolute Gasteiger partial charge is 0.383 e. The highest BCUT2D eigenvalue weighted by Gasteiger charge is 2.14. The van der Waals surface area contributed by atoms with Gasteiger partial charge >= 0.3 is 0 Å². The Bertz CT molecular complexity index is 561. The minimum absolute atomic E-state index is 0.0200. The van der Waals surface area contributed by atoms with Crippen LogP contribution in [0.5, 0.6) is 0 Å². The Kier molecular flexibility index (Phi) is 6.39. The van der Waals surface area contributed by atoms with Gasteiger partial charge in [-0.15, -0.1) is 0 Å². The molecule has 1 amide bonds. The van der Waals surface area contributed by atoms with Gasteiger partial charge < -0.3 is 15.0 Å². The number of hydrogen-bond donors (Lipinski definition) is 1. The molecule has 0 atom stereocenters. The van der Waals surface area contributed by atoms with E-state index in [0.717, 1.165) is 11.4 Å². The number of rotatable bonds is 8. The monoisotopic (exact) mass is 299 g/mol. The van der Waals surface area contributed by atoms with Crippen molar-refractivity contribution in [3.63, 3.8) is 0 Å². The van der Waals surface area contributed by atoms with Crippen molar-refractivity contribution in [1.82, 2.24) is 9.88 Å². The molecule has 0 aliphatic heterocycles. The summed E-state index contributed by atoms with van der Waals surface area (Å²) in [5.74, 6) is 0.0200. The van der Waals surface area contributed by atoms with Gasteiger partial charge in [0.25, 0.3) is 0 Å². The maximum Gasteiger partial charge on any atom is 0.242 e. The molecular weight excluding hydrogens is 278 g/mol. The Morgan fingerprint density at radius 3 is 2.64 bits per heavy atom. The maximum atomic E-state index is 12.4. The lowest BCUT2D eigenvalue weighted by molar-refractivity contribution is -0.130. The summed E-state index contributed by atoms with van der Waals surface area (Å²) >= 11 is 0. The number of carbonyl (C=O) groups excluding carboxylic acids is 1. The van der Waals surface area contributed by atoms with Crippen LogP contribution in [0.4, 0.5) is 5.69 Å². The number of para-hydroxylation sites is 1. The number of ether oxygens (including phenoxy) is 1. The highest BCUT2D eigenvalue weighted by atomic mass is 16.5. The van der Waals surface area contributed by atoms with Crippen LogP contribution in [0.3, 0.4) is 0 Å². The molecule has 0 aliphatic carbocycles. The van der Waals surface area contributed by atoms with Gasteiger partial charge in [0.05, 0.1) is 25.4 Å². The van der Waals surface area contributed by atoms with E-state index in [0.29, 0.717) is 19.7 Å². The van der Waals surface area contributed by atoms with Crippen LogP contribution in [0.1, 0.15) is 5.69 Å². The number of amides is 1. The van der Waals surface area contributed by atoms with E-state index in [4.69, 9.17) is 4.74 Å². The Balaban J connectivity index is 1.93. The molecule has 5 nitrogen and oxygen atoms in total. The quantitative estimate of drug-likeness (QED) is 0.811. The lowest BCUT2D eigenvalue weighted by Crippen LogP contribution is -2.37. The Hall–Kier alpha value is -2.40. The van der Waals surface area contributed by atoms with Crippen molar-refractivity contribution in [1.29, 1.82) is 0 Å². The summed E-state index contributed by atoms with van der Waals surface area (Å²) in [5, 5.41) is 3.13. The molecule has 0 saturated heterocycles. The molecule has 1 N–H and O–H groups in total. The van der Waals surface area contributed by atoms with Crippen molar-refractivity contribution in [3.05, 3.63) is 60.4 Å². The van der Waals surface area contributed by atoms with Crippen molar-refractivity contribution in [3.8, 4) is 0 Å². The van der Waals surface area contributed by atoms with Crippen LogP contribution in [0.15, 0.2) is 54.7 Å². The van der Waals surface area contributed by atoms with E-state index in [1.165, 1.54) is 0 Å². The van der Waals surface area contributed by atoms with Gasteiger partial charge in [0.15, 0.2) is 0 Å². The van der Waals surface area contributed by atoms with Gasteiger partial charge in [-0.1, -0.05) is 24.3 Å². The first-order valence-electron chi connectivity index (χ1n) is 7.25. The van der Waals surface area contributed by atoms with Crippen molar-refractivity contribution < 1.29 is 9.53 Å². The zero-order chi connectivity index (χ0) is 15.6. The molecule has 0 bridgehead atoms. The molecule has 1 heterocycles. The smallest absolute Gasteiger partial charge is 0.242 e. The van der Waals surface area contributed by atoms with E-state index in [1.54, 1.807) is 18.2 Å². The highest BCUT2D eigenvalue weighted by molar-refractivity contribution is 5.80. The minimum atomic E-state index is 0.0200. The molecule has 2 rings (SSSR count). The predicted molar refractivity (Wildman–Crippen MR) is 86.5 cm³/mol. The summed E-state index contributed by atoms with van der Waals surface area (Å²) in [4.78, 5) is 18.4. The maximum absolute atomic E-state index is 12.4. The Labute approximate surface area is 130 Å². The third kappa shape index (κ3) is 5.18. The number of anilines is 1. The third-order valence-corrected chi connectivity index (χ3v) is 3.21. The highest BCUT2D eigenvalue weighted by Crippen LogP contribution is 2.06. The fourth-order valence-electron chi connectivity index (χ4n) is 2.03. The van der Waals surface area contributed by atoms with Gasteiger partial charge in [0.2, 0.25) is 5.91 Å². The summed E-state index contributed by atoms with van der Waals surface area (Å²) < 4.78 is 5.09. The second-order valence-electron chi connectivity index (χ2n) is 4.85. The molecule has 5 heteroatoms. The van der Waals surface area contributed by atoms with Gasteiger partial charge in [-0.25, -0.2) is 0 Å². The molecule has 22 heavy (non-hydrogen) atoms. The number of aromatic nitrogens is 1. The predicted octanol–water partition coefficient (Wildman–Crippen LogP) is 2.17. The Morgan fingerprint density at radius 2 is 1.95 bits per heavy atom. The molecule has 116 valence electrons. The van der Waals surface area contributed by atoms with E-state index in [-0.39, 0.29) is 12.5 Å². The summed E-state index contributed by atoms with van der Waals surface area (Å²) in [5.41, 5.74) is 1.80. The number of hydrogen-bond acceptors (Lipinski definition) is 4. The van der Waals surface area contributed by atoms with Crippen LogP contribution in [-0.4, -0.2) is 42.6 Å². The fourth-order valence-corrected chi connectivity index (χ4v) is 2.03. The minimum Gasteiger partial charge on any atom is -0.383 e. The fraction of sp³-hybridized carbons (Fsp3) is 0.294. The third-order valence-electron chi connectivity index (χ3n) is 3.21. The van der Waals surface area contributed by atoms with Crippen molar-refractivity contribution in [2.24, 2.45) is 0 Å². The second kappa shape index (κ2) is 8.79. The van der Waals surface area contributed by atoms with Crippen LogP contribution >= 0.6 is 0 Å². The topological polar surface area (TPSA) is 54.5 Å². The van der Waals surface area contributed by atoms with Crippen LogP contribution in [-0.2, 0) is 16.1 Å². The van der Waals surface area contributed by atoms with Crippen molar-refractivity contribution >= 4 is 11.6 Å². The first kappa shape index (κ1) is 16.0. The van der Waals surface area contributed by atoms with E-state index in [1.807, 2.05) is 48.5 Å². The lowest BCUT2D eigenvalue weighted by Gasteiger charge is -2.22. The average molecular weight is 299 g/mol. The van der Waals surface area contributed by atoms with E-state index in [9.17, 15) is 4.79 Å². The van der Waals surface area contributed by atoms with Crippen molar-refractivity contribution in [2.45, 2.75) is 6.54 Å². The molecule has 0 radical (unpaired) electrons. The van der Waals surface area contributed by atoms with Crippen LogP contribution in [0, 0.1) is 0 Å². The van der Waals surface area contributed by atoms with Crippen LogP contribution in [0.2, 0.25) is 0 Å². The van der Waals surface area contributed by atoms with Crippen molar-refractivity contribution in [2.75, 3.05) is 32.1 Å². The van der Waals surface area contributed by atoms with Gasteiger partial charge in [0, 0.05) is 25.5 Å². The standard InChI is InChI=1S/C17H21N3O2/c1-22-12-11-20(14-16-9-5-6-10-18-16)17(21)13-19-15-7-3-2-4-8-15/h2-10,19H,11-14H2,1H3. The van der Waals surface area contributed by atoms with Gasteiger partial charge in [-0.3, -0.25) is 9.78 Å². The molecule has 1 aromatic heterocycles. The van der Waals surface area contributed by atoms with E-state index < -0.39 is 0 Å². The summed E-state index contributed by atoms with van der Waals surface area (Å²) in [6.07, 6.45) is 1.73. The number of benzene rings is 1.